The van der Waals surface area contributed by atoms with E-state index in [1.807, 2.05) is 0 Å². The molecular formula is C9H9F3N2O4S. The molecule has 1 aromatic rings. The maximum atomic E-state index is 12.4. The Morgan fingerprint density at radius 3 is 2.53 bits per heavy atom. The smallest absolute Gasteiger partial charge is 0.350 e. The molecule has 0 bridgehead atoms. The van der Waals surface area contributed by atoms with Gasteiger partial charge in [0.1, 0.15) is 5.75 Å². The van der Waals surface area contributed by atoms with Crippen LogP contribution >= 0.6 is 0 Å². The molecule has 0 radical (unpaired) electrons. The Morgan fingerprint density at radius 1 is 1.37 bits per heavy atom. The number of alkyl halides is 3. The minimum Gasteiger partial charge on any atom is -0.350 e. The summed E-state index contributed by atoms with van der Waals surface area (Å²) in [6, 6.07) is 2.48. The zero-order chi connectivity index (χ0) is 14.7. The predicted octanol–water partition coefficient (Wildman–Crippen LogP) is 1.14. The summed E-state index contributed by atoms with van der Waals surface area (Å²) in [7, 11) is -4.27. The average Bonchev–Trinajstić information content (AvgIpc) is 2.25. The summed E-state index contributed by atoms with van der Waals surface area (Å²) in [4.78, 5) is 10.3. The van der Waals surface area contributed by atoms with Gasteiger partial charge in [-0.05, 0) is 11.6 Å². The number of amides is 2. The van der Waals surface area contributed by atoms with Gasteiger partial charge in [-0.2, -0.15) is 27.1 Å². The lowest BCUT2D eigenvalue weighted by molar-refractivity contribution is -0.137. The van der Waals surface area contributed by atoms with Crippen LogP contribution in [0.5, 0.6) is 0 Å². The highest BCUT2D eigenvalue weighted by molar-refractivity contribution is 7.85. The number of hydroxylamine groups is 1. The van der Waals surface area contributed by atoms with Crippen molar-refractivity contribution in [2.24, 2.45) is 5.73 Å². The molecule has 0 fully saturated rings. The van der Waals surface area contributed by atoms with Gasteiger partial charge in [0.2, 0.25) is 0 Å². The van der Waals surface area contributed by atoms with E-state index in [0.717, 1.165) is 12.1 Å². The van der Waals surface area contributed by atoms with Gasteiger partial charge in [0, 0.05) is 0 Å². The Bertz CT molecular complexity index is 571. The molecule has 6 nitrogen and oxygen atoms in total. The molecule has 0 atom stereocenters. The summed E-state index contributed by atoms with van der Waals surface area (Å²) in [5.41, 5.74) is 4.84. The van der Waals surface area contributed by atoms with Gasteiger partial charge in [-0.3, -0.25) is 0 Å². The summed E-state index contributed by atoms with van der Waals surface area (Å²) < 4.78 is 63.8. The Kier molecular flexibility index (Phi) is 4.37. The van der Waals surface area contributed by atoms with E-state index in [1.165, 1.54) is 11.5 Å². The van der Waals surface area contributed by atoms with E-state index >= 15 is 0 Å². The summed E-state index contributed by atoms with van der Waals surface area (Å²) >= 11 is 0. The topological polar surface area (TPSA) is 98.5 Å². The van der Waals surface area contributed by atoms with Crippen molar-refractivity contribution in [1.82, 2.24) is 5.48 Å². The molecule has 3 N–H and O–H groups in total. The van der Waals surface area contributed by atoms with Crippen molar-refractivity contribution in [3.8, 4) is 0 Å². The average molecular weight is 298 g/mol. The largest absolute Gasteiger partial charge is 0.416 e. The van der Waals surface area contributed by atoms with E-state index < -0.39 is 33.6 Å². The fourth-order valence-electron chi connectivity index (χ4n) is 1.18. The van der Waals surface area contributed by atoms with E-state index in [9.17, 15) is 26.4 Å². The maximum Gasteiger partial charge on any atom is 0.416 e. The van der Waals surface area contributed by atoms with Crippen LogP contribution in [0.15, 0.2) is 24.3 Å². The third-order valence-electron chi connectivity index (χ3n) is 1.87. The second-order valence-corrected chi connectivity index (χ2v) is 5.02. The highest BCUT2D eigenvalue weighted by atomic mass is 32.2. The lowest BCUT2D eigenvalue weighted by atomic mass is 10.1. The molecule has 0 aliphatic carbocycles. The second kappa shape index (κ2) is 5.45. The van der Waals surface area contributed by atoms with E-state index in [1.54, 1.807) is 0 Å². The number of benzene rings is 1. The zero-order valence-electron chi connectivity index (χ0n) is 9.27. The molecule has 106 valence electrons. The van der Waals surface area contributed by atoms with Crippen LogP contribution in [-0.2, 0) is 26.3 Å². The number of hydrogen-bond acceptors (Lipinski definition) is 4. The molecule has 0 unspecified atom stereocenters. The van der Waals surface area contributed by atoms with Gasteiger partial charge >= 0.3 is 12.2 Å². The quantitative estimate of drug-likeness (QED) is 0.814. The van der Waals surface area contributed by atoms with Crippen molar-refractivity contribution in [3.63, 3.8) is 0 Å². The first kappa shape index (κ1) is 15.2. The van der Waals surface area contributed by atoms with Crippen LogP contribution in [0.3, 0.4) is 0 Å². The molecule has 2 amide bonds. The van der Waals surface area contributed by atoms with Gasteiger partial charge in [0.25, 0.3) is 10.1 Å². The van der Waals surface area contributed by atoms with E-state index in [-0.39, 0.29) is 5.56 Å². The molecule has 0 aromatic heterocycles. The molecule has 19 heavy (non-hydrogen) atoms. The van der Waals surface area contributed by atoms with Crippen LogP contribution in [0, 0.1) is 0 Å². The Labute approximate surface area is 106 Å². The molecule has 1 aromatic carbocycles. The molecular weight excluding hydrogens is 289 g/mol. The SMILES string of the molecule is NC(=O)NOS(=O)(=O)Cc1cccc(C(F)(F)F)c1. The van der Waals surface area contributed by atoms with Gasteiger partial charge in [-0.1, -0.05) is 18.2 Å². The minimum atomic E-state index is -4.58. The van der Waals surface area contributed by atoms with Crippen molar-refractivity contribution in [2.45, 2.75) is 11.9 Å². The van der Waals surface area contributed by atoms with Gasteiger partial charge in [-0.15, -0.1) is 4.28 Å². The normalized spacial score (nSPS) is 12.2. The summed E-state index contributed by atoms with van der Waals surface area (Å²) in [6.45, 7) is 0. The Morgan fingerprint density at radius 2 is 2.00 bits per heavy atom. The second-order valence-electron chi connectivity index (χ2n) is 3.45. The van der Waals surface area contributed by atoms with Gasteiger partial charge < -0.3 is 5.73 Å². The fraction of sp³-hybridized carbons (Fsp3) is 0.222. The van der Waals surface area contributed by atoms with Crippen molar-refractivity contribution < 1.29 is 30.7 Å². The van der Waals surface area contributed by atoms with Crippen molar-refractivity contribution in [3.05, 3.63) is 35.4 Å². The highest BCUT2D eigenvalue weighted by Crippen LogP contribution is 2.29. The third-order valence-corrected chi connectivity index (χ3v) is 2.89. The highest BCUT2D eigenvalue weighted by Gasteiger charge is 2.30. The number of nitrogens with one attached hydrogen (secondary N) is 1. The van der Waals surface area contributed by atoms with Gasteiger partial charge in [-0.25, -0.2) is 4.79 Å². The fourth-order valence-corrected chi connectivity index (χ4v) is 2.03. The number of primary amides is 1. The lowest BCUT2D eigenvalue weighted by Gasteiger charge is -2.09. The third kappa shape index (κ3) is 5.14. The Balaban J connectivity index is 2.85. The zero-order valence-corrected chi connectivity index (χ0v) is 10.1. The van der Waals surface area contributed by atoms with E-state index in [4.69, 9.17) is 0 Å². The van der Waals surface area contributed by atoms with Crippen LogP contribution in [0.25, 0.3) is 0 Å². The summed E-state index contributed by atoms with van der Waals surface area (Å²) in [5.74, 6) is -0.836. The molecule has 0 saturated heterocycles. The van der Waals surface area contributed by atoms with E-state index in [2.05, 4.69) is 10.0 Å². The number of urea groups is 1. The standard InChI is InChI=1S/C9H9F3N2O4S/c10-9(11,12)7-3-1-2-6(4-7)5-19(16,17)18-14-8(13)15/h1-4H,5H2,(H3,13,14,15). The van der Waals surface area contributed by atoms with Crippen LogP contribution in [0.2, 0.25) is 0 Å². The van der Waals surface area contributed by atoms with E-state index in [0.29, 0.717) is 6.07 Å². The van der Waals surface area contributed by atoms with Crippen molar-refractivity contribution in [2.75, 3.05) is 0 Å². The van der Waals surface area contributed by atoms with Gasteiger partial charge in [0.05, 0.1) is 5.56 Å². The first-order chi connectivity index (χ1) is 8.60. The Hall–Kier alpha value is -1.81. The minimum absolute atomic E-state index is 0.138. The molecule has 0 aliphatic rings. The van der Waals surface area contributed by atoms with Crippen LogP contribution < -0.4 is 11.2 Å². The van der Waals surface area contributed by atoms with Crippen molar-refractivity contribution >= 4 is 16.1 Å². The number of carbonyl (C=O) groups is 1. The van der Waals surface area contributed by atoms with Crippen LogP contribution in [0.1, 0.15) is 11.1 Å². The summed E-state index contributed by atoms with van der Waals surface area (Å²) in [5, 5.41) is 0. The molecule has 10 heteroatoms. The first-order valence-electron chi connectivity index (χ1n) is 4.73. The number of carbonyl (C=O) groups excluding carboxylic acids is 1. The molecule has 0 saturated carbocycles. The van der Waals surface area contributed by atoms with Crippen LogP contribution in [-0.4, -0.2) is 14.4 Å². The predicted molar refractivity (Wildman–Crippen MR) is 57.9 cm³/mol. The summed E-state index contributed by atoms with van der Waals surface area (Å²) in [6.07, 6.45) is -4.58. The molecule has 0 heterocycles. The molecule has 0 aliphatic heterocycles. The lowest BCUT2D eigenvalue weighted by Crippen LogP contribution is -2.32. The maximum absolute atomic E-state index is 12.4. The van der Waals surface area contributed by atoms with Gasteiger partial charge in [0.15, 0.2) is 0 Å². The first-order valence-corrected chi connectivity index (χ1v) is 6.30. The number of nitrogens with two attached hydrogens (primary N) is 1. The van der Waals surface area contributed by atoms with Crippen LogP contribution in [0.4, 0.5) is 18.0 Å². The molecule has 1 rings (SSSR count). The number of hydrogen-bond donors (Lipinski definition) is 2. The molecule has 0 spiro atoms. The van der Waals surface area contributed by atoms with Crippen molar-refractivity contribution in [1.29, 1.82) is 0 Å². The monoisotopic (exact) mass is 298 g/mol. The number of rotatable bonds is 4. The number of halogens is 3.